The molecule has 0 bridgehead atoms. The number of hydrogen-bond donors (Lipinski definition) is 1. The Kier molecular flexibility index (Phi) is 7.02. The zero-order valence-corrected chi connectivity index (χ0v) is 12.3. The summed E-state index contributed by atoms with van der Waals surface area (Å²) >= 11 is 0. The van der Waals surface area contributed by atoms with Gasteiger partial charge in [-0.15, -0.1) is 12.4 Å². The molecular weight excluding hydrogens is 248 g/mol. The van der Waals surface area contributed by atoms with E-state index in [2.05, 4.69) is 17.1 Å². The number of carbonyl (C=O) groups is 1. The van der Waals surface area contributed by atoms with Gasteiger partial charge >= 0.3 is 0 Å². The standard InChI is InChI=1S/C14H26N2O.ClH/c1-12-11-15-9-10-16(12)14(17)13-7-5-3-2-4-6-8-13;/h12-13,15H,2-11H2,1H3;1H/t12-;/m1./s1. The highest BCUT2D eigenvalue weighted by molar-refractivity contribution is 5.85. The van der Waals surface area contributed by atoms with Gasteiger partial charge in [-0.25, -0.2) is 0 Å². The van der Waals surface area contributed by atoms with Crippen molar-refractivity contribution in [2.75, 3.05) is 19.6 Å². The lowest BCUT2D eigenvalue weighted by atomic mass is 9.89. The Morgan fingerprint density at radius 3 is 2.33 bits per heavy atom. The average Bonchev–Trinajstić information content (AvgIpc) is 2.28. The molecule has 1 atom stereocenters. The molecule has 1 heterocycles. The molecule has 1 aliphatic heterocycles. The largest absolute Gasteiger partial charge is 0.337 e. The molecule has 0 radical (unpaired) electrons. The molecule has 3 nitrogen and oxygen atoms in total. The summed E-state index contributed by atoms with van der Waals surface area (Å²) in [4.78, 5) is 14.6. The van der Waals surface area contributed by atoms with Crippen LogP contribution < -0.4 is 5.32 Å². The lowest BCUT2D eigenvalue weighted by molar-refractivity contribution is -0.139. The number of nitrogens with zero attached hydrogens (tertiary/aromatic N) is 1. The third-order valence-electron chi connectivity index (χ3n) is 4.24. The quantitative estimate of drug-likeness (QED) is 0.797. The second-order valence-electron chi connectivity index (χ2n) is 5.63. The Morgan fingerprint density at radius 2 is 1.72 bits per heavy atom. The first-order valence-electron chi connectivity index (χ1n) is 7.30. The van der Waals surface area contributed by atoms with Crippen molar-refractivity contribution in [2.45, 2.75) is 57.9 Å². The maximum atomic E-state index is 12.5. The summed E-state index contributed by atoms with van der Waals surface area (Å²) in [5.74, 6) is 0.747. The molecule has 1 N–H and O–H groups in total. The monoisotopic (exact) mass is 274 g/mol. The van der Waals surface area contributed by atoms with Crippen molar-refractivity contribution in [3.05, 3.63) is 0 Å². The molecule has 0 spiro atoms. The van der Waals surface area contributed by atoms with Gasteiger partial charge in [0.2, 0.25) is 5.91 Å². The third kappa shape index (κ3) is 4.13. The van der Waals surface area contributed by atoms with E-state index in [4.69, 9.17) is 0 Å². The number of piperazine rings is 1. The van der Waals surface area contributed by atoms with Crippen molar-refractivity contribution in [1.29, 1.82) is 0 Å². The van der Waals surface area contributed by atoms with Crippen LogP contribution in [-0.4, -0.2) is 36.5 Å². The highest BCUT2D eigenvalue weighted by Crippen LogP contribution is 2.24. The summed E-state index contributed by atoms with van der Waals surface area (Å²) < 4.78 is 0. The Morgan fingerprint density at radius 1 is 1.11 bits per heavy atom. The van der Waals surface area contributed by atoms with Crippen LogP contribution in [0.3, 0.4) is 0 Å². The van der Waals surface area contributed by atoms with Crippen LogP contribution in [0.2, 0.25) is 0 Å². The number of carbonyl (C=O) groups excluding carboxylic acids is 1. The molecule has 18 heavy (non-hydrogen) atoms. The van der Waals surface area contributed by atoms with Crippen molar-refractivity contribution in [2.24, 2.45) is 5.92 Å². The van der Waals surface area contributed by atoms with E-state index in [1.807, 2.05) is 0 Å². The number of hydrogen-bond acceptors (Lipinski definition) is 2. The van der Waals surface area contributed by atoms with E-state index in [0.717, 1.165) is 32.5 Å². The molecule has 2 rings (SSSR count). The van der Waals surface area contributed by atoms with Crippen LogP contribution in [0.1, 0.15) is 51.9 Å². The zero-order chi connectivity index (χ0) is 12.1. The molecule has 0 aromatic carbocycles. The fraction of sp³-hybridized carbons (Fsp3) is 0.929. The van der Waals surface area contributed by atoms with Gasteiger partial charge in [-0.2, -0.15) is 0 Å². The van der Waals surface area contributed by atoms with E-state index in [-0.39, 0.29) is 12.4 Å². The molecule has 4 heteroatoms. The van der Waals surface area contributed by atoms with E-state index in [1.54, 1.807) is 0 Å². The van der Waals surface area contributed by atoms with Crippen LogP contribution in [0.15, 0.2) is 0 Å². The predicted octanol–water partition coefficient (Wildman–Crippen LogP) is 2.59. The minimum atomic E-state index is 0. The molecule has 1 saturated carbocycles. The number of halogens is 1. The summed E-state index contributed by atoms with van der Waals surface area (Å²) in [7, 11) is 0. The van der Waals surface area contributed by atoms with Gasteiger partial charge in [0, 0.05) is 31.6 Å². The first kappa shape index (κ1) is 15.8. The number of nitrogens with one attached hydrogen (secondary N) is 1. The van der Waals surface area contributed by atoms with Crippen LogP contribution in [0.5, 0.6) is 0 Å². The van der Waals surface area contributed by atoms with Gasteiger partial charge in [0.05, 0.1) is 0 Å². The van der Waals surface area contributed by atoms with E-state index < -0.39 is 0 Å². The third-order valence-corrected chi connectivity index (χ3v) is 4.24. The van der Waals surface area contributed by atoms with E-state index >= 15 is 0 Å². The molecule has 1 saturated heterocycles. The smallest absolute Gasteiger partial charge is 0.226 e. The lowest BCUT2D eigenvalue weighted by Crippen LogP contribution is -2.53. The summed E-state index contributed by atoms with van der Waals surface area (Å²) in [5.41, 5.74) is 0. The van der Waals surface area contributed by atoms with Gasteiger partial charge in [-0.3, -0.25) is 4.79 Å². The molecule has 2 fully saturated rings. The molecule has 1 amide bonds. The molecule has 1 aliphatic carbocycles. The van der Waals surface area contributed by atoms with Gasteiger partial charge in [-0.05, 0) is 19.8 Å². The SMILES string of the molecule is C[C@@H]1CNCCN1C(=O)C1CCCCCCC1.Cl. The van der Waals surface area contributed by atoms with Crippen LogP contribution in [0, 0.1) is 5.92 Å². The van der Waals surface area contributed by atoms with Crippen LogP contribution in [-0.2, 0) is 4.79 Å². The number of amides is 1. The second kappa shape index (κ2) is 8.00. The van der Waals surface area contributed by atoms with Gasteiger partial charge in [0.15, 0.2) is 0 Å². The van der Waals surface area contributed by atoms with Crippen molar-refractivity contribution >= 4 is 18.3 Å². The summed E-state index contributed by atoms with van der Waals surface area (Å²) in [6.45, 7) is 4.98. The Bertz CT molecular complexity index is 252. The molecule has 0 aromatic heterocycles. The van der Waals surface area contributed by atoms with E-state index in [1.165, 1.54) is 32.1 Å². The van der Waals surface area contributed by atoms with Gasteiger partial charge < -0.3 is 10.2 Å². The minimum absolute atomic E-state index is 0. The van der Waals surface area contributed by atoms with E-state index in [9.17, 15) is 4.79 Å². The maximum absolute atomic E-state index is 12.5. The Labute approximate surface area is 117 Å². The Hall–Kier alpha value is -0.280. The summed E-state index contributed by atoms with van der Waals surface area (Å²) in [6.07, 6.45) is 8.74. The van der Waals surface area contributed by atoms with Gasteiger partial charge in [0.25, 0.3) is 0 Å². The van der Waals surface area contributed by atoms with Crippen molar-refractivity contribution in [3.8, 4) is 0 Å². The predicted molar refractivity (Wildman–Crippen MR) is 77.1 cm³/mol. The number of rotatable bonds is 1. The van der Waals surface area contributed by atoms with Gasteiger partial charge in [-0.1, -0.05) is 32.1 Å². The first-order chi connectivity index (χ1) is 8.29. The molecule has 0 aromatic rings. The average molecular weight is 275 g/mol. The van der Waals surface area contributed by atoms with Crippen LogP contribution in [0.25, 0.3) is 0 Å². The fourth-order valence-electron chi connectivity index (χ4n) is 3.11. The fourth-order valence-corrected chi connectivity index (χ4v) is 3.11. The minimum Gasteiger partial charge on any atom is -0.337 e. The van der Waals surface area contributed by atoms with Crippen molar-refractivity contribution < 1.29 is 4.79 Å². The Balaban J connectivity index is 0.00000162. The summed E-state index contributed by atoms with van der Waals surface area (Å²) in [5, 5.41) is 3.35. The molecular formula is C14H27ClN2O. The normalized spacial score (nSPS) is 26.9. The molecule has 2 aliphatic rings. The van der Waals surface area contributed by atoms with Gasteiger partial charge in [0.1, 0.15) is 0 Å². The highest BCUT2D eigenvalue weighted by atomic mass is 35.5. The zero-order valence-electron chi connectivity index (χ0n) is 11.5. The highest BCUT2D eigenvalue weighted by Gasteiger charge is 2.28. The van der Waals surface area contributed by atoms with Crippen LogP contribution in [0.4, 0.5) is 0 Å². The lowest BCUT2D eigenvalue weighted by Gasteiger charge is -2.36. The molecule has 106 valence electrons. The van der Waals surface area contributed by atoms with Crippen LogP contribution >= 0.6 is 12.4 Å². The van der Waals surface area contributed by atoms with Crippen molar-refractivity contribution in [3.63, 3.8) is 0 Å². The maximum Gasteiger partial charge on any atom is 0.226 e. The summed E-state index contributed by atoms with van der Waals surface area (Å²) in [6, 6.07) is 0.377. The van der Waals surface area contributed by atoms with Crippen molar-refractivity contribution in [1.82, 2.24) is 10.2 Å². The first-order valence-corrected chi connectivity index (χ1v) is 7.30. The second-order valence-corrected chi connectivity index (χ2v) is 5.63. The topological polar surface area (TPSA) is 32.3 Å². The van der Waals surface area contributed by atoms with E-state index in [0.29, 0.717) is 17.9 Å². The molecule has 0 unspecified atom stereocenters.